The van der Waals surface area contributed by atoms with Crippen LogP contribution in [-0.2, 0) is 21.2 Å². The fourth-order valence-corrected chi connectivity index (χ4v) is 2.71. The first-order chi connectivity index (χ1) is 8.27. The van der Waals surface area contributed by atoms with Crippen LogP contribution in [0.5, 0.6) is 0 Å². The minimum Gasteiger partial charge on any atom is -0.368 e. The van der Waals surface area contributed by atoms with Crippen molar-refractivity contribution < 1.29 is 13.2 Å². The van der Waals surface area contributed by atoms with Crippen LogP contribution in [0.15, 0.2) is 11.2 Å². The van der Waals surface area contributed by atoms with Crippen molar-refractivity contribution in [3.8, 4) is 0 Å². The first-order valence-electron chi connectivity index (χ1n) is 5.63. The number of amides is 1. The normalized spacial score (nSPS) is 13.8. The first kappa shape index (κ1) is 14.7. The number of primary amides is 1. The van der Waals surface area contributed by atoms with Gasteiger partial charge in [-0.2, -0.15) is 4.72 Å². The number of rotatable bonds is 6. The first-order valence-corrected chi connectivity index (χ1v) is 7.11. The van der Waals surface area contributed by atoms with Crippen LogP contribution in [0.3, 0.4) is 0 Å². The van der Waals surface area contributed by atoms with Gasteiger partial charge in [-0.15, -0.1) is 0 Å². The molecule has 0 fully saturated rings. The maximum Gasteiger partial charge on any atom is 0.258 e. The Morgan fingerprint density at radius 2 is 2.17 bits per heavy atom. The van der Waals surface area contributed by atoms with E-state index in [1.807, 2.05) is 6.92 Å². The molecular formula is C10H18N4O3S. The van der Waals surface area contributed by atoms with Gasteiger partial charge in [-0.1, -0.05) is 20.8 Å². The molecule has 4 N–H and O–H groups in total. The van der Waals surface area contributed by atoms with Crippen molar-refractivity contribution in [2.45, 2.75) is 38.3 Å². The maximum atomic E-state index is 12.0. The van der Waals surface area contributed by atoms with Crippen molar-refractivity contribution in [3.63, 3.8) is 0 Å². The topological polar surface area (TPSA) is 118 Å². The molecule has 102 valence electrons. The summed E-state index contributed by atoms with van der Waals surface area (Å²) in [6.45, 7) is 5.27. The highest BCUT2D eigenvalue weighted by atomic mass is 32.2. The summed E-state index contributed by atoms with van der Waals surface area (Å²) in [4.78, 5) is 17.8. The SMILES string of the molecule is CCc1ncc(S(=O)(=O)NC(C(N)=O)C(C)C)[nH]1. The second-order valence-corrected chi connectivity index (χ2v) is 5.98. The second-order valence-electron chi connectivity index (χ2n) is 4.29. The molecule has 8 heteroatoms. The van der Waals surface area contributed by atoms with Crippen LogP contribution in [0.4, 0.5) is 0 Å². The molecule has 0 aliphatic rings. The van der Waals surface area contributed by atoms with Crippen molar-refractivity contribution in [1.82, 2.24) is 14.7 Å². The average molecular weight is 274 g/mol. The molecule has 0 aromatic carbocycles. The van der Waals surface area contributed by atoms with Gasteiger partial charge in [0.1, 0.15) is 11.9 Å². The zero-order chi connectivity index (χ0) is 13.9. The summed E-state index contributed by atoms with van der Waals surface area (Å²) in [5.41, 5.74) is 5.16. The number of H-pyrrole nitrogens is 1. The van der Waals surface area contributed by atoms with Crippen LogP contribution in [0.2, 0.25) is 0 Å². The Labute approximate surface area is 106 Å². The molecule has 1 heterocycles. The Morgan fingerprint density at radius 3 is 2.56 bits per heavy atom. The summed E-state index contributed by atoms with van der Waals surface area (Å²) < 4.78 is 26.3. The number of hydrogen-bond donors (Lipinski definition) is 3. The molecule has 1 rings (SSSR count). The van der Waals surface area contributed by atoms with Crippen molar-refractivity contribution >= 4 is 15.9 Å². The molecule has 7 nitrogen and oxygen atoms in total. The van der Waals surface area contributed by atoms with Gasteiger partial charge >= 0.3 is 0 Å². The van der Waals surface area contributed by atoms with E-state index in [2.05, 4.69) is 14.7 Å². The molecule has 1 aromatic rings. The van der Waals surface area contributed by atoms with E-state index in [0.29, 0.717) is 12.2 Å². The number of nitrogens with two attached hydrogens (primary N) is 1. The standard InChI is InChI=1S/C10H18N4O3S/c1-4-7-12-5-8(13-7)18(16,17)14-9(6(2)3)10(11)15/h5-6,9,14H,4H2,1-3H3,(H2,11,15)(H,12,13). The average Bonchev–Trinajstić information content (AvgIpc) is 2.74. The Kier molecular flexibility index (Phi) is 4.47. The molecule has 0 radical (unpaired) electrons. The Bertz CT molecular complexity index is 521. The Morgan fingerprint density at radius 1 is 1.56 bits per heavy atom. The van der Waals surface area contributed by atoms with Crippen LogP contribution in [0.25, 0.3) is 0 Å². The lowest BCUT2D eigenvalue weighted by atomic mass is 10.1. The van der Waals surface area contributed by atoms with Gasteiger partial charge < -0.3 is 10.7 Å². The van der Waals surface area contributed by atoms with E-state index in [-0.39, 0.29) is 10.9 Å². The number of aryl methyl sites for hydroxylation is 1. The summed E-state index contributed by atoms with van der Waals surface area (Å²) >= 11 is 0. The second kappa shape index (κ2) is 5.49. The van der Waals surface area contributed by atoms with Gasteiger partial charge in [0.2, 0.25) is 5.91 Å². The number of nitrogens with zero attached hydrogens (tertiary/aromatic N) is 1. The van der Waals surface area contributed by atoms with Gasteiger partial charge in [0.05, 0.1) is 6.20 Å². The highest BCUT2D eigenvalue weighted by molar-refractivity contribution is 7.89. The minimum atomic E-state index is -3.81. The van der Waals surface area contributed by atoms with Gasteiger partial charge in [-0.3, -0.25) is 4.79 Å². The molecule has 0 saturated carbocycles. The predicted octanol–water partition coefficient (Wildman–Crippen LogP) is -0.240. The number of hydrogen-bond acceptors (Lipinski definition) is 4. The fraction of sp³-hybridized carbons (Fsp3) is 0.600. The maximum absolute atomic E-state index is 12.0. The smallest absolute Gasteiger partial charge is 0.258 e. The third-order valence-corrected chi connectivity index (χ3v) is 3.84. The van der Waals surface area contributed by atoms with Crippen LogP contribution in [0, 0.1) is 5.92 Å². The lowest BCUT2D eigenvalue weighted by Gasteiger charge is -2.18. The van der Waals surface area contributed by atoms with Gasteiger partial charge in [-0.25, -0.2) is 13.4 Å². The number of carbonyl (C=O) groups is 1. The lowest BCUT2D eigenvalue weighted by Crippen LogP contribution is -2.47. The molecular weight excluding hydrogens is 256 g/mol. The zero-order valence-electron chi connectivity index (χ0n) is 10.6. The fourth-order valence-electron chi connectivity index (χ4n) is 1.41. The number of sulfonamides is 1. The molecule has 1 atom stereocenters. The summed E-state index contributed by atoms with van der Waals surface area (Å²) in [5.74, 6) is -0.370. The van der Waals surface area contributed by atoms with E-state index in [0.717, 1.165) is 0 Å². The Balaban J connectivity index is 2.96. The third kappa shape index (κ3) is 3.30. The quantitative estimate of drug-likeness (QED) is 0.663. The third-order valence-electron chi connectivity index (χ3n) is 2.48. The monoisotopic (exact) mass is 274 g/mol. The zero-order valence-corrected chi connectivity index (χ0v) is 11.4. The van der Waals surface area contributed by atoms with Crippen molar-refractivity contribution in [2.75, 3.05) is 0 Å². The van der Waals surface area contributed by atoms with E-state index in [9.17, 15) is 13.2 Å². The van der Waals surface area contributed by atoms with Crippen molar-refractivity contribution in [3.05, 3.63) is 12.0 Å². The number of aromatic nitrogens is 2. The van der Waals surface area contributed by atoms with Crippen LogP contribution >= 0.6 is 0 Å². The molecule has 1 unspecified atom stereocenters. The number of carbonyl (C=O) groups excluding carboxylic acids is 1. The molecule has 0 aliphatic heterocycles. The molecule has 1 aromatic heterocycles. The number of aromatic amines is 1. The number of nitrogens with one attached hydrogen (secondary N) is 2. The van der Waals surface area contributed by atoms with Crippen LogP contribution in [0.1, 0.15) is 26.6 Å². The van der Waals surface area contributed by atoms with E-state index in [1.165, 1.54) is 6.20 Å². The van der Waals surface area contributed by atoms with Crippen LogP contribution in [-0.4, -0.2) is 30.3 Å². The van der Waals surface area contributed by atoms with Crippen molar-refractivity contribution in [2.24, 2.45) is 11.7 Å². The van der Waals surface area contributed by atoms with Gasteiger partial charge in [0.15, 0.2) is 5.03 Å². The van der Waals surface area contributed by atoms with Gasteiger partial charge in [0.25, 0.3) is 10.0 Å². The van der Waals surface area contributed by atoms with E-state index < -0.39 is 22.0 Å². The van der Waals surface area contributed by atoms with Crippen LogP contribution < -0.4 is 10.5 Å². The molecule has 0 aliphatic carbocycles. The largest absolute Gasteiger partial charge is 0.368 e. The molecule has 0 bridgehead atoms. The predicted molar refractivity (Wildman–Crippen MR) is 66.1 cm³/mol. The molecule has 0 saturated heterocycles. The summed E-state index contributed by atoms with van der Waals surface area (Å²) in [6, 6.07) is -0.941. The van der Waals surface area contributed by atoms with E-state index >= 15 is 0 Å². The highest BCUT2D eigenvalue weighted by Crippen LogP contribution is 2.10. The molecule has 0 spiro atoms. The van der Waals surface area contributed by atoms with Gasteiger partial charge in [0, 0.05) is 6.42 Å². The van der Waals surface area contributed by atoms with E-state index in [1.54, 1.807) is 13.8 Å². The molecule has 1 amide bonds. The summed E-state index contributed by atoms with van der Waals surface area (Å²) in [6.07, 6.45) is 1.82. The summed E-state index contributed by atoms with van der Waals surface area (Å²) in [5, 5.41) is -0.0637. The molecule has 18 heavy (non-hydrogen) atoms. The van der Waals surface area contributed by atoms with Gasteiger partial charge in [-0.05, 0) is 5.92 Å². The highest BCUT2D eigenvalue weighted by Gasteiger charge is 2.27. The van der Waals surface area contributed by atoms with E-state index in [4.69, 9.17) is 5.73 Å². The minimum absolute atomic E-state index is 0.0637. The van der Waals surface area contributed by atoms with Crippen molar-refractivity contribution in [1.29, 1.82) is 0 Å². The Hall–Kier alpha value is -1.41. The summed E-state index contributed by atoms with van der Waals surface area (Å²) in [7, 11) is -3.81. The number of imidazole rings is 1. The lowest BCUT2D eigenvalue weighted by molar-refractivity contribution is -0.120.